The fourth-order valence-electron chi connectivity index (χ4n) is 3.21. The maximum Gasteiger partial charge on any atom is 0.227 e. The molecule has 2 aromatic rings. The number of anilines is 1. The topological polar surface area (TPSA) is 76.2 Å². The molecule has 0 saturated carbocycles. The first-order valence-corrected chi connectivity index (χ1v) is 7.94. The molecule has 1 aromatic carbocycles. The smallest absolute Gasteiger partial charge is 0.227 e. The van der Waals surface area contributed by atoms with Gasteiger partial charge in [-0.3, -0.25) is 4.79 Å². The molecule has 23 heavy (non-hydrogen) atoms. The standard InChI is InChI=1S/C17H19N3O3/c1-10-18-13-4-2-11(8-14(13)19-10)17(21)20-12-3-5-15-16(9-12)23-7-6-22-15/h3,5,9,11H,2,4,6-8H2,1H3,(H,18,19)(H,20,21). The lowest BCUT2D eigenvalue weighted by molar-refractivity contribution is -0.120. The summed E-state index contributed by atoms with van der Waals surface area (Å²) in [5.41, 5.74) is 2.94. The van der Waals surface area contributed by atoms with E-state index in [4.69, 9.17) is 9.47 Å². The average molecular weight is 313 g/mol. The number of aryl methyl sites for hydroxylation is 2. The number of imidazole rings is 1. The number of amides is 1. The number of carbonyl (C=O) groups is 1. The maximum atomic E-state index is 12.5. The van der Waals surface area contributed by atoms with Gasteiger partial charge in [-0.05, 0) is 31.9 Å². The van der Waals surface area contributed by atoms with Gasteiger partial charge < -0.3 is 19.8 Å². The summed E-state index contributed by atoms with van der Waals surface area (Å²) in [6.07, 6.45) is 2.39. The van der Waals surface area contributed by atoms with Crippen LogP contribution in [0.15, 0.2) is 18.2 Å². The average Bonchev–Trinajstić information content (AvgIpc) is 2.93. The Hall–Kier alpha value is -2.50. The van der Waals surface area contributed by atoms with Crippen molar-refractivity contribution in [1.82, 2.24) is 9.97 Å². The van der Waals surface area contributed by atoms with E-state index in [0.717, 1.165) is 41.5 Å². The summed E-state index contributed by atoms with van der Waals surface area (Å²) in [5.74, 6) is 2.34. The second-order valence-electron chi connectivity index (χ2n) is 6.03. The van der Waals surface area contributed by atoms with Gasteiger partial charge in [-0.1, -0.05) is 0 Å². The number of rotatable bonds is 2. The normalized spacial score (nSPS) is 19.1. The van der Waals surface area contributed by atoms with Gasteiger partial charge in [0.1, 0.15) is 19.0 Å². The Balaban J connectivity index is 1.46. The third kappa shape index (κ3) is 2.76. The van der Waals surface area contributed by atoms with E-state index in [2.05, 4.69) is 15.3 Å². The highest BCUT2D eigenvalue weighted by molar-refractivity contribution is 5.93. The van der Waals surface area contributed by atoms with Crippen molar-refractivity contribution < 1.29 is 14.3 Å². The summed E-state index contributed by atoms with van der Waals surface area (Å²) in [7, 11) is 0. The minimum atomic E-state index is -0.0319. The van der Waals surface area contributed by atoms with Crippen molar-refractivity contribution in [3.05, 3.63) is 35.4 Å². The van der Waals surface area contributed by atoms with Gasteiger partial charge in [0.15, 0.2) is 11.5 Å². The maximum absolute atomic E-state index is 12.5. The number of aromatic amines is 1. The van der Waals surface area contributed by atoms with Crippen molar-refractivity contribution in [3.8, 4) is 11.5 Å². The predicted molar refractivity (Wildman–Crippen MR) is 84.9 cm³/mol. The zero-order valence-electron chi connectivity index (χ0n) is 13.0. The fourth-order valence-corrected chi connectivity index (χ4v) is 3.21. The molecule has 4 rings (SSSR count). The number of H-pyrrole nitrogens is 1. The Labute approximate surface area is 134 Å². The predicted octanol–water partition coefficient (Wildman–Crippen LogP) is 2.23. The summed E-state index contributed by atoms with van der Waals surface area (Å²) in [6, 6.07) is 5.50. The molecule has 0 bridgehead atoms. The van der Waals surface area contributed by atoms with Crippen LogP contribution in [0.4, 0.5) is 5.69 Å². The molecule has 1 amide bonds. The van der Waals surface area contributed by atoms with E-state index in [1.807, 2.05) is 25.1 Å². The van der Waals surface area contributed by atoms with Crippen LogP contribution in [0.5, 0.6) is 11.5 Å². The lowest BCUT2D eigenvalue weighted by atomic mass is 9.89. The molecule has 1 aliphatic carbocycles. The number of fused-ring (bicyclic) bond motifs is 2. The van der Waals surface area contributed by atoms with Gasteiger partial charge >= 0.3 is 0 Å². The molecule has 2 heterocycles. The molecular formula is C17H19N3O3. The first-order chi connectivity index (χ1) is 11.2. The second kappa shape index (κ2) is 5.61. The van der Waals surface area contributed by atoms with Crippen molar-refractivity contribution in [2.75, 3.05) is 18.5 Å². The number of benzene rings is 1. The molecule has 0 spiro atoms. The van der Waals surface area contributed by atoms with Crippen LogP contribution in [0, 0.1) is 12.8 Å². The van der Waals surface area contributed by atoms with Gasteiger partial charge in [0.05, 0.1) is 5.69 Å². The highest BCUT2D eigenvalue weighted by Crippen LogP contribution is 2.33. The minimum Gasteiger partial charge on any atom is -0.486 e. The Morgan fingerprint density at radius 1 is 1.30 bits per heavy atom. The molecule has 1 aliphatic heterocycles. The molecule has 2 aliphatic rings. The molecule has 6 nitrogen and oxygen atoms in total. The third-order valence-corrected chi connectivity index (χ3v) is 4.34. The number of nitrogens with zero attached hydrogens (tertiary/aromatic N) is 1. The highest BCUT2D eigenvalue weighted by atomic mass is 16.6. The van der Waals surface area contributed by atoms with Crippen LogP contribution in [0.2, 0.25) is 0 Å². The lowest BCUT2D eigenvalue weighted by Gasteiger charge is -2.22. The molecule has 0 fully saturated rings. The number of carbonyl (C=O) groups excluding carboxylic acids is 1. The van der Waals surface area contributed by atoms with Crippen molar-refractivity contribution in [2.24, 2.45) is 5.92 Å². The van der Waals surface area contributed by atoms with Crippen LogP contribution in [-0.4, -0.2) is 29.1 Å². The number of aromatic nitrogens is 2. The molecular weight excluding hydrogens is 294 g/mol. The summed E-state index contributed by atoms with van der Waals surface area (Å²) >= 11 is 0. The van der Waals surface area contributed by atoms with E-state index in [-0.39, 0.29) is 11.8 Å². The first kappa shape index (κ1) is 14.1. The molecule has 0 saturated heterocycles. The van der Waals surface area contributed by atoms with Crippen LogP contribution >= 0.6 is 0 Å². The number of hydrogen-bond donors (Lipinski definition) is 2. The summed E-state index contributed by atoms with van der Waals surface area (Å²) in [5, 5.41) is 2.99. The molecule has 1 unspecified atom stereocenters. The van der Waals surface area contributed by atoms with E-state index in [0.29, 0.717) is 25.4 Å². The van der Waals surface area contributed by atoms with Crippen molar-refractivity contribution in [3.63, 3.8) is 0 Å². The van der Waals surface area contributed by atoms with E-state index >= 15 is 0 Å². The highest BCUT2D eigenvalue weighted by Gasteiger charge is 2.27. The van der Waals surface area contributed by atoms with E-state index < -0.39 is 0 Å². The zero-order chi connectivity index (χ0) is 15.8. The largest absolute Gasteiger partial charge is 0.486 e. The Morgan fingerprint density at radius 2 is 2.13 bits per heavy atom. The monoisotopic (exact) mass is 313 g/mol. The molecule has 120 valence electrons. The van der Waals surface area contributed by atoms with E-state index in [1.165, 1.54) is 0 Å². The Kier molecular flexibility index (Phi) is 3.44. The van der Waals surface area contributed by atoms with Crippen molar-refractivity contribution in [1.29, 1.82) is 0 Å². The van der Waals surface area contributed by atoms with Gasteiger partial charge in [0.2, 0.25) is 5.91 Å². The molecule has 0 radical (unpaired) electrons. The summed E-state index contributed by atoms with van der Waals surface area (Å²) < 4.78 is 11.0. The quantitative estimate of drug-likeness (QED) is 0.891. The van der Waals surface area contributed by atoms with Crippen LogP contribution in [0.25, 0.3) is 0 Å². The summed E-state index contributed by atoms with van der Waals surface area (Å²) in [6.45, 7) is 3.05. The molecule has 1 atom stereocenters. The van der Waals surface area contributed by atoms with Crippen LogP contribution < -0.4 is 14.8 Å². The fraction of sp³-hybridized carbons (Fsp3) is 0.412. The number of nitrogens with one attached hydrogen (secondary N) is 2. The van der Waals surface area contributed by atoms with Crippen LogP contribution in [-0.2, 0) is 17.6 Å². The Bertz CT molecular complexity index is 754. The van der Waals surface area contributed by atoms with Gasteiger partial charge in [-0.15, -0.1) is 0 Å². The molecule has 2 N–H and O–H groups in total. The van der Waals surface area contributed by atoms with E-state index in [9.17, 15) is 4.79 Å². The number of hydrogen-bond acceptors (Lipinski definition) is 4. The number of ether oxygens (including phenoxy) is 2. The summed E-state index contributed by atoms with van der Waals surface area (Å²) in [4.78, 5) is 20.3. The molecule has 1 aromatic heterocycles. The van der Waals surface area contributed by atoms with Crippen molar-refractivity contribution >= 4 is 11.6 Å². The van der Waals surface area contributed by atoms with Crippen LogP contribution in [0.1, 0.15) is 23.6 Å². The minimum absolute atomic E-state index is 0.0319. The third-order valence-electron chi connectivity index (χ3n) is 4.34. The van der Waals surface area contributed by atoms with Gasteiger partial charge in [-0.2, -0.15) is 0 Å². The van der Waals surface area contributed by atoms with Crippen LogP contribution in [0.3, 0.4) is 0 Å². The molecule has 6 heteroatoms. The van der Waals surface area contributed by atoms with E-state index in [1.54, 1.807) is 0 Å². The lowest BCUT2D eigenvalue weighted by Crippen LogP contribution is -2.28. The Morgan fingerprint density at radius 3 is 3.00 bits per heavy atom. The van der Waals surface area contributed by atoms with Gasteiger partial charge in [0, 0.05) is 29.8 Å². The zero-order valence-corrected chi connectivity index (χ0v) is 13.0. The van der Waals surface area contributed by atoms with Gasteiger partial charge in [0.25, 0.3) is 0 Å². The van der Waals surface area contributed by atoms with Crippen molar-refractivity contribution in [2.45, 2.75) is 26.2 Å². The first-order valence-electron chi connectivity index (χ1n) is 7.94. The second-order valence-corrected chi connectivity index (χ2v) is 6.03. The SMILES string of the molecule is Cc1nc2c([nH]1)CC(C(=O)Nc1ccc3c(c1)OCCO3)CC2. The van der Waals surface area contributed by atoms with Gasteiger partial charge in [-0.25, -0.2) is 4.98 Å².